The highest BCUT2D eigenvalue weighted by Crippen LogP contribution is 2.12. The molecule has 0 aromatic heterocycles. The van der Waals surface area contributed by atoms with Gasteiger partial charge in [0, 0.05) is 10.0 Å². The predicted octanol–water partition coefficient (Wildman–Crippen LogP) is 1.02. The third kappa shape index (κ3) is 5.53. The molecule has 0 bridgehead atoms. The molecule has 2 aromatic rings. The number of rotatable bonds is 5. The van der Waals surface area contributed by atoms with Gasteiger partial charge in [-0.3, -0.25) is 15.5 Å². The Hall–Kier alpha value is -2.47. The van der Waals surface area contributed by atoms with Gasteiger partial charge in [-0.15, -0.1) is 5.53 Å². The zero-order valence-corrected chi connectivity index (χ0v) is 15.0. The van der Waals surface area contributed by atoms with Gasteiger partial charge < -0.3 is 0 Å². The first-order valence-electron chi connectivity index (χ1n) is 6.78. The van der Waals surface area contributed by atoms with Crippen molar-refractivity contribution in [3.63, 3.8) is 0 Å². The third-order valence-corrected chi connectivity index (χ3v) is 4.19. The summed E-state index contributed by atoms with van der Waals surface area (Å²) >= 11 is 3.23. The van der Waals surface area contributed by atoms with Gasteiger partial charge in [0.15, 0.2) is 0 Å². The van der Waals surface area contributed by atoms with Crippen LogP contribution in [-0.4, -0.2) is 20.4 Å². The lowest BCUT2D eigenvalue weighted by molar-refractivity contribution is 0.0963. The summed E-state index contributed by atoms with van der Waals surface area (Å²) in [7, 11) is -4.21. The predicted molar refractivity (Wildman–Crippen MR) is 95.3 cm³/mol. The molecule has 0 saturated carbocycles. The number of carbonyl (C=O) groups excluding carboxylic acids is 2. The summed E-state index contributed by atoms with van der Waals surface area (Å²) in [5, 5.41) is 7.14. The van der Waals surface area contributed by atoms with Gasteiger partial charge in [-0.2, -0.15) is 12.8 Å². The number of halogens is 1. The molecular formula is C14H14BrN5O4S. The molecular weight excluding hydrogens is 414 g/mol. The maximum absolute atomic E-state index is 11.9. The van der Waals surface area contributed by atoms with Gasteiger partial charge in [-0.25, -0.2) is 9.93 Å². The van der Waals surface area contributed by atoms with E-state index < -0.39 is 22.1 Å². The summed E-state index contributed by atoms with van der Waals surface area (Å²) in [4.78, 5) is 23.7. The molecule has 0 unspecified atom stereocenters. The lowest BCUT2D eigenvalue weighted by atomic mass is 10.2. The molecule has 2 rings (SSSR count). The summed E-state index contributed by atoms with van der Waals surface area (Å²) in [6.45, 7) is 0. The van der Waals surface area contributed by atoms with E-state index in [0.717, 1.165) is 4.47 Å². The highest BCUT2D eigenvalue weighted by Gasteiger charge is 2.19. The number of anilines is 1. The number of nitrogens with zero attached hydrogens (tertiary/aromatic N) is 1. The molecule has 0 aliphatic carbocycles. The molecule has 9 nitrogen and oxygen atoms in total. The van der Waals surface area contributed by atoms with Crippen molar-refractivity contribution < 1.29 is 18.0 Å². The number of urea groups is 1. The van der Waals surface area contributed by atoms with E-state index in [9.17, 15) is 18.0 Å². The minimum atomic E-state index is -4.21. The molecule has 11 heteroatoms. The van der Waals surface area contributed by atoms with Crippen molar-refractivity contribution >= 4 is 43.8 Å². The Bertz CT molecular complexity index is 859. The van der Waals surface area contributed by atoms with Gasteiger partial charge in [-0.1, -0.05) is 34.1 Å². The van der Waals surface area contributed by atoms with Crippen molar-refractivity contribution in [2.45, 2.75) is 0 Å². The van der Waals surface area contributed by atoms with Crippen LogP contribution in [0, 0.1) is 0 Å². The number of hydrogen-bond acceptors (Lipinski definition) is 5. The molecule has 25 heavy (non-hydrogen) atoms. The monoisotopic (exact) mass is 427 g/mol. The average Bonchev–Trinajstić information content (AvgIpc) is 2.55. The summed E-state index contributed by atoms with van der Waals surface area (Å²) in [6, 6.07) is 13.1. The second-order valence-electron chi connectivity index (χ2n) is 4.67. The average molecular weight is 428 g/mol. The highest BCUT2D eigenvalue weighted by atomic mass is 79.9. The fourth-order valence-corrected chi connectivity index (χ4v) is 2.60. The molecule has 0 spiro atoms. The van der Waals surface area contributed by atoms with Crippen molar-refractivity contribution in [2.24, 2.45) is 5.14 Å². The van der Waals surface area contributed by atoms with Crippen molar-refractivity contribution in [3.8, 4) is 0 Å². The fourth-order valence-electron chi connectivity index (χ4n) is 1.75. The summed E-state index contributed by atoms with van der Waals surface area (Å²) in [6.07, 6.45) is 0. The van der Waals surface area contributed by atoms with Crippen LogP contribution in [0.3, 0.4) is 0 Å². The van der Waals surface area contributed by atoms with Crippen molar-refractivity contribution in [1.29, 1.82) is 0 Å². The standard InChI is InChI=1S/C14H14BrN5O4S/c15-11-8-6-10(7-9-11)13(21)17-14(22)18-19-20(25(16,23)24)12-4-2-1-3-5-12/h1-9,19H,(H2,16,23,24)(H2,17,18,21,22). The van der Waals surface area contributed by atoms with E-state index >= 15 is 0 Å². The van der Waals surface area contributed by atoms with Crippen LogP contribution in [-0.2, 0) is 10.2 Å². The van der Waals surface area contributed by atoms with Crippen LogP contribution in [0.2, 0.25) is 0 Å². The number of nitrogens with two attached hydrogens (primary N) is 1. The molecule has 0 aliphatic rings. The van der Waals surface area contributed by atoms with Crippen molar-refractivity contribution in [3.05, 3.63) is 64.6 Å². The topological polar surface area (TPSA) is 134 Å². The first kappa shape index (κ1) is 18.9. The van der Waals surface area contributed by atoms with Gasteiger partial charge in [-0.05, 0) is 36.4 Å². The molecule has 132 valence electrons. The molecule has 0 aliphatic heterocycles. The molecule has 0 fully saturated rings. The van der Waals surface area contributed by atoms with Crippen LogP contribution in [0.1, 0.15) is 10.4 Å². The largest absolute Gasteiger partial charge is 0.337 e. The van der Waals surface area contributed by atoms with E-state index in [2.05, 4.69) is 21.5 Å². The van der Waals surface area contributed by atoms with E-state index in [1.165, 1.54) is 24.3 Å². The Labute approximate surface area is 152 Å². The minimum Gasteiger partial charge on any atom is -0.273 e. The number of imide groups is 1. The zero-order valence-electron chi connectivity index (χ0n) is 12.6. The Morgan fingerprint density at radius 1 is 1.00 bits per heavy atom. The van der Waals surface area contributed by atoms with E-state index in [4.69, 9.17) is 5.14 Å². The molecule has 0 saturated heterocycles. The number of nitrogens with one attached hydrogen (secondary N) is 3. The van der Waals surface area contributed by atoms with Gasteiger partial charge >= 0.3 is 16.2 Å². The highest BCUT2D eigenvalue weighted by molar-refractivity contribution is 9.10. The van der Waals surface area contributed by atoms with Crippen LogP contribution in [0.5, 0.6) is 0 Å². The number of carbonyl (C=O) groups is 2. The van der Waals surface area contributed by atoms with Crippen LogP contribution in [0.15, 0.2) is 59.1 Å². The van der Waals surface area contributed by atoms with E-state index in [-0.39, 0.29) is 11.3 Å². The second kappa shape index (κ2) is 8.07. The Morgan fingerprint density at radius 2 is 1.60 bits per heavy atom. The van der Waals surface area contributed by atoms with Gasteiger partial charge in [0.2, 0.25) is 0 Å². The first-order chi connectivity index (χ1) is 11.8. The van der Waals surface area contributed by atoms with Crippen LogP contribution < -0.4 is 25.8 Å². The van der Waals surface area contributed by atoms with Crippen molar-refractivity contribution in [2.75, 3.05) is 4.41 Å². The third-order valence-electron chi connectivity index (χ3n) is 2.85. The summed E-state index contributed by atoms with van der Waals surface area (Å²) < 4.78 is 24.6. The maximum Gasteiger partial charge on any atom is 0.337 e. The van der Waals surface area contributed by atoms with Gasteiger partial charge in [0.25, 0.3) is 5.91 Å². The van der Waals surface area contributed by atoms with Crippen LogP contribution in [0.4, 0.5) is 10.5 Å². The molecule has 3 amide bonds. The molecule has 0 radical (unpaired) electrons. The fraction of sp³-hybridized carbons (Fsp3) is 0. The van der Waals surface area contributed by atoms with E-state index in [1.807, 2.05) is 10.7 Å². The summed E-state index contributed by atoms with van der Waals surface area (Å²) in [5.74, 6) is -0.659. The SMILES string of the molecule is NS(=O)(=O)N(NNC(=O)NC(=O)c1ccc(Br)cc1)c1ccccc1. The lowest BCUT2D eigenvalue weighted by Crippen LogP contribution is -2.57. The molecule has 5 N–H and O–H groups in total. The number of para-hydroxylation sites is 1. The Balaban J connectivity index is 1.99. The molecule has 0 heterocycles. The van der Waals surface area contributed by atoms with Crippen LogP contribution >= 0.6 is 15.9 Å². The Morgan fingerprint density at radius 3 is 2.16 bits per heavy atom. The Kier molecular flexibility index (Phi) is 6.09. The summed E-state index contributed by atoms with van der Waals surface area (Å²) in [5.41, 5.74) is 4.60. The minimum absolute atomic E-state index is 0.171. The lowest BCUT2D eigenvalue weighted by Gasteiger charge is -2.22. The van der Waals surface area contributed by atoms with Gasteiger partial charge in [0.1, 0.15) is 0 Å². The van der Waals surface area contributed by atoms with E-state index in [0.29, 0.717) is 4.41 Å². The normalized spacial score (nSPS) is 10.8. The quantitative estimate of drug-likeness (QED) is 0.528. The smallest absolute Gasteiger partial charge is 0.273 e. The number of amides is 3. The number of hydrazine groups is 2. The van der Waals surface area contributed by atoms with Gasteiger partial charge in [0.05, 0.1) is 5.69 Å². The van der Waals surface area contributed by atoms with Crippen LogP contribution in [0.25, 0.3) is 0 Å². The molecule has 2 aromatic carbocycles. The molecule has 0 atom stereocenters. The zero-order chi connectivity index (χ0) is 18.4. The van der Waals surface area contributed by atoms with E-state index in [1.54, 1.807) is 30.3 Å². The number of hydrogen-bond donors (Lipinski definition) is 4. The number of benzene rings is 2. The maximum atomic E-state index is 11.9. The van der Waals surface area contributed by atoms with Crippen molar-refractivity contribution in [1.82, 2.24) is 16.3 Å². The second-order valence-corrected chi connectivity index (χ2v) is 6.98. The first-order valence-corrected chi connectivity index (χ1v) is 9.07.